The van der Waals surface area contributed by atoms with E-state index in [0.717, 1.165) is 34.4 Å². The van der Waals surface area contributed by atoms with E-state index in [-0.39, 0.29) is 23.2 Å². The van der Waals surface area contributed by atoms with Crippen molar-refractivity contribution < 1.29 is 0 Å². The van der Waals surface area contributed by atoms with Crippen LogP contribution in [0.5, 0.6) is 0 Å². The average molecular weight is 666 g/mol. The number of hydrogen-bond donors (Lipinski definition) is 1. The molecule has 0 aliphatic carbocycles. The van der Waals surface area contributed by atoms with Crippen LogP contribution in [0.15, 0.2) is 55.2 Å². The van der Waals surface area contributed by atoms with E-state index in [1.807, 2.05) is 82.9 Å². The minimum Gasteiger partial charge on any atom is -0.388 e. The molecule has 38 heavy (non-hydrogen) atoms. The maximum atomic E-state index is 12.6. The van der Waals surface area contributed by atoms with Gasteiger partial charge in [-0.25, -0.2) is 9.36 Å². The number of thioether (sulfide) groups is 1. The molecule has 0 atom stereocenters. The van der Waals surface area contributed by atoms with Crippen LogP contribution in [0.25, 0.3) is 21.5 Å². The summed E-state index contributed by atoms with van der Waals surface area (Å²) in [6, 6.07) is 11.7. The van der Waals surface area contributed by atoms with Crippen molar-refractivity contribution in [3.05, 3.63) is 66.3 Å². The fraction of sp³-hybridized carbons (Fsp3) is 0.407. The third-order valence-electron chi connectivity index (χ3n) is 6.07. The van der Waals surface area contributed by atoms with Crippen molar-refractivity contribution in [2.75, 3.05) is 42.9 Å². The molecule has 11 heteroatoms. The Bertz CT molecular complexity index is 1550. The molecule has 4 aromatic rings. The van der Waals surface area contributed by atoms with Crippen molar-refractivity contribution in [3.63, 3.8) is 0 Å². The lowest BCUT2D eigenvalue weighted by Crippen LogP contribution is -2.26. The summed E-state index contributed by atoms with van der Waals surface area (Å²) in [6.45, 7) is 8.75. The Kier molecular flexibility index (Phi) is 10.4. The zero-order valence-corrected chi connectivity index (χ0v) is 26.7. The van der Waals surface area contributed by atoms with Crippen LogP contribution in [0, 0.1) is 0 Å². The molecule has 0 radical (unpaired) electrons. The van der Waals surface area contributed by atoms with E-state index < -0.39 is 0 Å². The standard InChI is InChI=1S/C15H20BrN3OS.C12H14BrN3O/c1-10(2)19-15(20)13-9-11(18(3)7-8-21-4)5-6-12(13)14(16)17-19;1-7(2)16-12(17)10-6-8(14-3)4-5-9(10)11(13)15-16/h5-6,9-10H,7-8H2,1-4H3;4-7,14H,1-3H3. The first kappa shape index (κ1) is 30.2. The largest absolute Gasteiger partial charge is 0.388 e. The molecule has 0 amide bonds. The zero-order chi connectivity index (χ0) is 28.1. The van der Waals surface area contributed by atoms with Crippen LogP contribution < -0.4 is 21.3 Å². The second-order valence-corrected chi connectivity index (χ2v) is 11.9. The molecular formula is C27H34Br2N6O2S. The van der Waals surface area contributed by atoms with E-state index in [2.05, 4.69) is 65.6 Å². The lowest BCUT2D eigenvalue weighted by molar-refractivity contribution is 0.503. The summed E-state index contributed by atoms with van der Waals surface area (Å²) < 4.78 is 4.43. The molecule has 0 aliphatic heterocycles. The highest BCUT2D eigenvalue weighted by Gasteiger charge is 2.13. The maximum Gasteiger partial charge on any atom is 0.275 e. The van der Waals surface area contributed by atoms with Crippen LogP contribution >= 0.6 is 43.6 Å². The van der Waals surface area contributed by atoms with Crippen LogP contribution in [0.3, 0.4) is 0 Å². The van der Waals surface area contributed by atoms with Crippen molar-refractivity contribution in [1.82, 2.24) is 19.6 Å². The monoisotopic (exact) mass is 664 g/mol. The van der Waals surface area contributed by atoms with Crippen LogP contribution in [-0.2, 0) is 0 Å². The second kappa shape index (κ2) is 13.1. The third kappa shape index (κ3) is 6.60. The first-order valence-electron chi connectivity index (χ1n) is 12.3. The number of nitrogens with zero attached hydrogens (tertiary/aromatic N) is 5. The SMILES string of the molecule is CNc1ccc2c(Br)nn(C(C)C)c(=O)c2c1.CSCCN(C)c1ccc2c(Br)nn(C(C)C)c(=O)c2c1. The number of halogens is 2. The maximum absolute atomic E-state index is 12.6. The Morgan fingerprint density at radius 2 is 1.37 bits per heavy atom. The topological polar surface area (TPSA) is 85.1 Å². The predicted octanol–water partition coefficient (Wildman–Crippen LogP) is 6.32. The van der Waals surface area contributed by atoms with Gasteiger partial charge >= 0.3 is 0 Å². The molecular weight excluding hydrogens is 632 g/mol. The Labute approximate surface area is 244 Å². The first-order chi connectivity index (χ1) is 18.0. The van der Waals surface area contributed by atoms with E-state index in [1.54, 1.807) is 0 Å². The second-order valence-electron chi connectivity index (χ2n) is 9.42. The smallest absolute Gasteiger partial charge is 0.275 e. The van der Waals surface area contributed by atoms with Gasteiger partial charge in [0.2, 0.25) is 0 Å². The van der Waals surface area contributed by atoms with Crippen LogP contribution in [0.4, 0.5) is 11.4 Å². The van der Waals surface area contributed by atoms with Gasteiger partial charge in [-0.1, -0.05) is 0 Å². The summed E-state index contributed by atoms with van der Waals surface area (Å²) in [5.41, 5.74) is 1.88. The van der Waals surface area contributed by atoms with Gasteiger partial charge in [0.1, 0.15) is 9.21 Å². The predicted molar refractivity (Wildman–Crippen MR) is 169 cm³/mol. The average Bonchev–Trinajstić information content (AvgIpc) is 2.90. The van der Waals surface area contributed by atoms with Gasteiger partial charge in [-0.3, -0.25) is 9.59 Å². The van der Waals surface area contributed by atoms with Crippen LogP contribution in [0.1, 0.15) is 39.8 Å². The molecule has 0 fully saturated rings. The Morgan fingerprint density at radius 3 is 1.84 bits per heavy atom. The molecule has 204 valence electrons. The summed E-state index contributed by atoms with van der Waals surface area (Å²) in [5.74, 6) is 1.06. The molecule has 0 saturated heterocycles. The molecule has 0 unspecified atom stereocenters. The fourth-order valence-corrected chi connectivity index (χ4v) is 5.36. The Balaban J connectivity index is 0.000000215. The molecule has 2 aromatic heterocycles. The zero-order valence-electron chi connectivity index (χ0n) is 22.7. The summed E-state index contributed by atoms with van der Waals surface area (Å²) in [7, 11) is 3.88. The number of hydrogen-bond acceptors (Lipinski definition) is 7. The van der Waals surface area contributed by atoms with E-state index in [1.165, 1.54) is 9.36 Å². The van der Waals surface area contributed by atoms with Crippen molar-refractivity contribution in [2.24, 2.45) is 0 Å². The lowest BCUT2D eigenvalue weighted by atomic mass is 10.1. The van der Waals surface area contributed by atoms with Gasteiger partial charge < -0.3 is 10.2 Å². The number of benzene rings is 2. The molecule has 2 aromatic carbocycles. The van der Waals surface area contributed by atoms with Crippen LogP contribution in [-0.4, -0.2) is 52.2 Å². The quantitative estimate of drug-likeness (QED) is 0.247. The molecule has 2 heterocycles. The van der Waals surface area contributed by atoms with Gasteiger partial charge in [0, 0.05) is 48.5 Å². The van der Waals surface area contributed by atoms with Crippen molar-refractivity contribution in [1.29, 1.82) is 0 Å². The van der Waals surface area contributed by atoms with Crippen molar-refractivity contribution in [2.45, 2.75) is 39.8 Å². The minimum atomic E-state index is -0.0599. The van der Waals surface area contributed by atoms with E-state index >= 15 is 0 Å². The van der Waals surface area contributed by atoms with Gasteiger partial charge in [0.15, 0.2) is 0 Å². The molecule has 8 nitrogen and oxygen atoms in total. The molecule has 0 saturated carbocycles. The first-order valence-corrected chi connectivity index (χ1v) is 15.3. The molecule has 4 rings (SSSR count). The number of nitrogens with one attached hydrogen (secondary N) is 1. The van der Waals surface area contributed by atoms with Crippen molar-refractivity contribution in [3.8, 4) is 0 Å². The van der Waals surface area contributed by atoms with Gasteiger partial charge in [-0.15, -0.1) is 0 Å². The van der Waals surface area contributed by atoms with Gasteiger partial charge in [0.25, 0.3) is 11.1 Å². The summed E-state index contributed by atoms with van der Waals surface area (Å²) in [6.07, 6.45) is 2.10. The van der Waals surface area contributed by atoms with Crippen molar-refractivity contribution >= 4 is 76.5 Å². The molecule has 0 spiro atoms. The Morgan fingerprint density at radius 1 is 0.868 bits per heavy atom. The fourth-order valence-electron chi connectivity index (χ4n) is 3.87. The van der Waals surface area contributed by atoms with Crippen LogP contribution in [0.2, 0.25) is 0 Å². The van der Waals surface area contributed by atoms with E-state index in [4.69, 9.17) is 0 Å². The summed E-state index contributed by atoms with van der Waals surface area (Å²) in [4.78, 5) is 27.0. The molecule has 1 N–H and O–H groups in total. The lowest BCUT2D eigenvalue weighted by Gasteiger charge is -2.19. The Hall–Kier alpha value is -2.37. The highest BCUT2D eigenvalue weighted by molar-refractivity contribution is 9.10. The highest BCUT2D eigenvalue weighted by Crippen LogP contribution is 2.25. The number of rotatable bonds is 7. The van der Waals surface area contributed by atoms with E-state index in [9.17, 15) is 9.59 Å². The highest BCUT2D eigenvalue weighted by atomic mass is 79.9. The minimum absolute atomic E-state index is 0.0380. The molecule has 0 bridgehead atoms. The number of aromatic nitrogens is 4. The van der Waals surface area contributed by atoms with Gasteiger partial charge in [-0.2, -0.15) is 22.0 Å². The van der Waals surface area contributed by atoms with Gasteiger partial charge in [-0.05, 0) is 102 Å². The van der Waals surface area contributed by atoms with Gasteiger partial charge in [0.05, 0.1) is 22.9 Å². The number of anilines is 2. The summed E-state index contributed by atoms with van der Waals surface area (Å²) in [5, 5.41) is 14.7. The third-order valence-corrected chi connectivity index (χ3v) is 7.84. The normalized spacial score (nSPS) is 11.2. The molecule has 0 aliphatic rings. The number of fused-ring (bicyclic) bond motifs is 2. The summed E-state index contributed by atoms with van der Waals surface area (Å²) >= 11 is 8.69. The van der Waals surface area contributed by atoms with E-state index in [0.29, 0.717) is 20.0 Å².